The van der Waals surface area contributed by atoms with Crippen LogP contribution in [-0.4, -0.2) is 21.4 Å². The molecule has 5 nitrogen and oxygen atoms in total. The Balaban J connectivity index is 1.64. The van der Waals surface area contributed by atoms with E-state index in [2.05, 4.69) is 10.0 Å². The van der Waals surface area contributed by atoms with Crippen LogP contribution in [0, 0.1) is 0 Å². The molecule has 0 aliphatic heterocycles. The molecule has 0 saturated heterocycles. The van der Waals surface area contributed by atoms with Crippen LogP contribution in [-0.2, 0) is 28.7 Å². The Labute approximate surface area is 171 Å². The fraction of sp³-hybridized carbons (Fsp3) is 0.174. The Morgan fingerprint density at radius 1 is 0.793 bits per heavy atom. The molecule has 6 heteroatoms. The van der Waals surface area contributed by atoms with Crippen LogP contribution in [0.1, 0.15) is 32.6 Å². The molecule has 29 heavy (non-hydrogen) atoms. The maximum Gasteiger partial charge on any atom is 0.251 e. The van der Waals surface area contributed by atoms with Crippen LogP contribution in [0.5, 0.6) is 0 Å². The highest BCUT2D eigenvalue weighted by Gasteiger charge is 2.12. The number of hydrogen-bond donors (Lipinski definition) is 2. The Kier molecular flexibility index (Phi) is 6.80. The van der Waals surface area contributed by atoms with Gasteiger partial charge >= 0.3 is 0 Å². The second-order valence-corrected chi connectivity index (χ2v) is 8.71. The second-order valence-electron chi connectivity index (χ2n) is 6.78. The van der Waals surface area contributed by atoms with E-state index < -0.39 is 10.0 Å². The number of amides is 1. The summed E-state index contributed by atoms with van der Waals surface area (Å²) in [6, 6.07) is 24.8. The Morgan fingerprint density at radius 3 is 2.10 bits per heavy atom. The number of carbonyl (C=O) groups excluding carboxylic acids is 1. The molecule has 0 atom stereocenters. The van der Waals surface area contributed by atoms with Gasteiger partial charge < -0.3 is 5.32 Å². The molecule has 2 N–H and O–H groups in total. The molecule has 0 unspecified atom stereocenters. The molecule has 0 spiro atoms. The molecule has 0 aromatic heterocycles. The van der Waals surface area contributed by atoms with Crippen LogP contribution >= 0.6 is 0 Å². The fourth-order valence-corrected chi connectivity index (χ4v) is 3.81. The summed E-state index contributed by atoms with van der Waals surface area (Å²) >= 11 is 0. The van der Waals surface area contributed by atoms with Crippen molar-refractivity contribution in [3.05, 3.63) is 107 Å². The summed E-state index contributed by atoms with van der Waals surface area (Å²) in [5, 5.41) is 2.95. The van der Waals surface area contributed by atoms with E-state index in [-0.39, 0.29) is 11.7 Å². The SMILES string of the molecule is CNS(=O)(=O)Cc1ccc(CNC(=O)c2ccccc2Cc2ccccc2)cc1. The number of hydrogen-bond acceptors (Lipinski definition) is 3. The summed E-state index contributed by atoms with van der Waals surface area (Å²) in [6.07, 6.45) is 0.694. The van der Waals surface area contributed by atoms with Gasteiger partial charge in [0.25, 0.3) is 5.91 Å². The van der Waals surface area contributed by atoms with E-state index in [1.807, 2.05) is 66.7 Å². The summed E-state index contributed by atoms with van der Waals surface area (Å²) in [5.41, 5.74) is 4.39. The summed E-state index contributed by atoms with van der Waals surface area (Å²) in [7, 11) is -1.90. The molecule has 0 saturated carbocycles. The highest BCUT2D eigenvalue weighted by atomic mass is 32.2. The van der Waals surface area contributed by atoms with Crippen molar-refractivity contribution >= 4 is 15.9 Å². The van der Waals surface area contributed by atoms with Crippen molar-refractivity contribution in [3.63, 3.8) is 0 Å². The number of sulfonamides is 1. The minimum Gasteiger partial charge on any atom is -0.348 e. The fourth-order valence-electron chi connectivity index (χ4n) is 3.03. The zero-order valence-electron chi connectivity index (χ0n) is 16.3. The number of nitrogens with one attached hydrogen (secondary N) is 2. The first-order valence-corrected chi connectivity index (χ1v) is 11.0. The third-order valence-corrected chi connectivity index (χ3v) is 5.98. The van der Waals surface area contributed by atoms with Crippen molar-refractivity contribution in [2.45, 2.75) is 18.7 Å². The van der Waals surface area contributed by atoms with Crippen LogP contribution in [0.3, 0.4) is 0 Å². The maximum absolute atomic E-state index is 12.7. The maximum atomic E-state index is 12.7. The van der Waals surface area contributed by atoms with Crippen molar-refractivity contribution in [2.24, 2.45) is 0 Å². The van der Waals surface area contributed by atoms with Crippen molar-refractivity contribution in [1.29, 1.82) is 0 Å². The van der Waals surface area contributed by atoms with Gasteiger partial charge in [-0.3, -0.25) is 4.79 Å². The van der Waals surface area contributed by atoms with Crippen LogP contribution in [0.15, 0.2) is 78.9 Å². The minimum absolute atomic E-state index is 0.0665. The van der Waals surface area contributed by atoms with Gasteiger partial charge in [0.1, 0.15) is 0 Å². The Hall–Kier alpha value is -2.96. The third-order valence-electron chi connectivity index (χ3n) is 4.64. The van der Waals surface area contributed by atoms with Crippen LogP contribution in [0.25, 0.3) is 0 Å². The number of carbonyl (C=O) groups is 1. The topological polar surface area (TPSA) is 75.3 Å². The third kappa shape index (κ3) is 6.01. The summed E-state index contributed by atoms with van der Waals surface area (Å²) in [5.74, 6) is -0.193. The molecule has 3 rings (SSSR count). The molecule has 0 fully saturated rings. The largest absolute Gasteiger partial charge is 0.348 e. The van der Waals surface area contributed by atoms with Crippen molar-refractivity contribution < 1.29 is 13.2 Å². The zero-order chi connectivity index (χ0) is 20.7. The lowest BCUT2D eigenvalue weighted by Crippen LogP contribution is -2.24. The standard InChI is InChI=1S/C23H24N2O3S/c1-24-29(27,28)17-20-13-11-19(12-14-20)16-25-23(26)22-10-6-5-9-21(22)15-18-7-3-2-4-8-18/h2-14,24H,15-17H2,1H3,(H,25,26). The second kappa shape index (κ2) is 9.49. The molecule has 3 aromatic carbocycles. The van der Waals surface area contributed by atoms with E-state index in [4.69, 9.17) is 0 Å². The highest BCUT2D eigenvalue weighted by Crippen LogP contribution is 2.15. The molecule has 1 amide bonds. The van der Waals surface area contributed by atoms with E-state index >= 15 is 0 Å². The van der Waals surface area contributed by atoms with E-state index in [1.54, 1.807) is 12.1 Å². The molecule has 0 radical (unpaired) electrons. The lowest BCUT2D eigenvalue weighted by molar-refractivity contribution is 0.0950. The average molecular weight is 409 g/mol. The number of rotatable bonds is 8. The van der Waals surface area contributed by atoms with Crippen molar-refractivity contribution in [1.82, 2.24) is 10.0 Å². The van der Waals surface area contributed by atoms with Gasteiger partial charge in [-0.1, -0.05) is 72.8 Å². The van der Waals surface area contributed by atoms with Gasteiger partial charge in [-0.25, -0.2) is 13.1 Å². The normalized spacial score (nSPS) is 11.2. The van der Waals surface area contributed by atoms with Crippen LogP contribution in [0.4, 0.5) is 0 Å². The molecule has 0 heterocycles. The first-order chi connectivity index (χ1) is 14.0. The average Bonchev–Trinajstić information content (AvgIpc) is 2.74. The van der Waals surface area contributed by atoms with Crippen molar-refractivity contribution in [3.8, 4) is 0 Å². The summed E-state index contributed by atoms with van der Waals surface area (Å²) < 4.78 is 25.5. The molecule has 0 bridgehead atoms. The summed E-state index contributed by atoms with van der Waals surface area (Å²) in [4.78, 5) is 12.7. The highest BCUT2D eigenvalue weighted by molar-refractivity contribution is 7.88. The van der Waals surface area contributed by atoms with Gasteiger partial charge in [0.05, 0.1) is 5.75 Å². The smallest absolute Gasteiger partial charge is 0.251 e. The van der Waals surface area contributed by atoms with Gasteiger partial charge in [-0.15, -0.1) is 0 Å². The first-order valence-electron chi connectivity index (χ1n) is 9.36. The molecular formula is C23H24N2O3S. The monoisotopic (exact) mass is 408 g/mol. The van der Waals surface area contributed by atoms with E-state index in [1.165, 1.54) is 7.05 Å². The molecule has 150 valence electrons. The molecule has 3 aromatic rings. The van der Waals surface area contributed by atoms with Crippen LogP contribution < -0.4 is 10.0 Å². The van der Waals surface area contributed by atoms with Gasteiger partial charge in [-0.2, -0.15) is 0 Å². The van der Waals surface area contributed by atoms with Gasteiger partial charge in [0.2, 0.25) is 10.0 Å². The Morgan fingerprint density at radius 2 is 1.41 bits per heavy atom. The van der Waals surface area contributed by atoms with E-state index in [0.29, 0.717) is 24.1 Å². The van der Waals surface area contributed by atoms with Gasteiger partial charge in [0.15, 0.2) is 0 Å². The predicted octanol–water partition coefficient (Wildman–Crippen LogP) is 3.26. The zero-order valence-corrected chi connectivity index (χ0v) is 17.1. The quantitative estimate of drug-likeness (QED) is 0.601. The number of benzene rings is 3. The predicted molar refractivity (Wildman–Crippen MR) is 115 cm³/mol. The van der Waals surface area contributed by atoms with E-state index in [0.717, 1.165) is 16.7 Å². The van der Waals surface area contributed by atoms with E-state index in [9.17, 15) is 13.2 Å². The minimum atomic E-state index is -3.30. The lowest BCUT2D eigenvalue weighted by Gasteiger charge is -2.11. The lowest BCUT2D eigenvalue weighted by atomic mass is 9.99. The van der Waals surface area contributed by atoms with Gasteiger partial charge in [-0.05, 0) is 41.8 Å². The molecule has 0 aliphatic carbocycles. The van der Waals surface area contributed by atoms with Gasteiger partial charge in [0, 0.05) is 12.1 Å². The van der Waals surface area contributed by atoms with Crippen molar-refractivity contribution in [2.75, 3.05) is 7.05 Å². The molecular weight excluding hydrogens is 384 g/mol. The van der Waals surface area contributed by atoms with Crippen LogP contribution in [0.2, 0.25) is 0 Å². The summed E-state index contributed by atoms with van der Waals surface area (Å²) in [6.45, 7) is 0.373. The molecule has 0 aliphatic rings. The Bertz CT molecular complexity index is 1060. The first kappa shape index (κ1) is 20.8.